The first-order valence-corrected chi connectivity index (χ1v) is 7.26. The second-order valence-corrected chi connectivity index (χ2v) is 5.86. The first-order valence-electron chi connectivity index (χ1n) is 6.47. The lowest BCUT2D eigenvalue weighted by Crippen LogP contribution is -2.17. The number of halogens is 2. The largest absolute Gasteiger partial charge is 0.339 e. The number of benzene rings is 1. The number of hydrogen-bond donors (Lipinski definition) is 1. The minimum atomic E-state index is -0.619. The average molecular weight is 348 g/mol. The molecule has 1 aliphatic carbocycles. The molecule has 3 rings (SSSR count). The van der Waals surface area contributed by atoms with Crippen molar-refractivity contribution in [3.63, 3.8) is 0 Å². The smallest absolute Gasteiger partial charge is 0.272 e. The Labute approximate surface area is 129 Å². The van der Waals surface area contributed by atoms with E-state index in [2.05, 4.69) is 21.2 Å². The minimum Gasteiger partial charge on any atom is -0.339 e. The molecule has 106 valence electrons. The van der Waals surface area contributed by atoms with E-state index in [1.54, 1.807) is 6.07 Å². The first kappa shape index (κ1) is 13.8. The summed E-state index contributed by atoms with van der Waals surface area (Å²) in [7, 11) is 0. The van der Waals surface area contributed by atoms with Crippen LogP contribution in [-0.4, -0.2) is 10.5 Å². The number of aromatic nitrogens is 1. The van der Waals surface area contributed by atoms with E-state index in [0.29, 0.717) is 11.7 Å². The Morgan fingerprint density at radius 1 is 1.43 bits per heavy atom. The topological polar surface area (TPSA) is 57.8 Å². The van der Waals surface area contributed by atoms with Crippen LogP contribution < -0.4 is 5.32 Å². The first-order chi connectivity index (χ1) is 10.1. The summed E-state index contributed by atoms with van der Waals surface area (Å²) in [6.45, 7) is 0. The predicted molar refractivity (Wildman–Crippen MR) is 79.5 cm³/mol. The predicted octanol–water partition coefficient (Wildman–Crippen LogP) is 3.85. The molecular formula is C15H11BrFN3O. The Hall–Kier alpha value is -2.13. The normalized spacial score (nSPS) is 13.8. The number of amides is 1. The van der Waals surface area contributed by atoms with Gasteiger partial charge in [-0.3, -0.25) is 4.79 Å². The Morgan fingerprint density at radius 2 is 2.19 bits per heavy atom. The molecule has 0 spiro atoms. The molecule has 1 aromatic carbocycles. The number of rotatable bonds is 3. The highest BCUT2D eigenvalue weighted by Gasteiger charge is 2.28. The number of anilines is 1. The third kappa shape index (κ3) is 2.83. The zero-order valence-electron chi connectivity index (χ0n) is 10.9. The molecule has 4 nitrogen and oxygen atoms in total. The molecule has 0 bridgehead atoms. The number of nitriles is 1. The maximum atomic E-state index is 13.8. The number of hydrogen-bond acceptors (Lipinski definition) is 2. The fraction of sp³-hybridized carbons (Fsp3) is 0.200. The van der Waals surface area contributed by atoms with Crippen molar-refractivity contribution < 1.29 is 9.18 Å². The Balaban J connectivity index is 1.85. The third-order valence-corrected chi connectivity index (χ3v) is 3.77. The fourth-order valence-corrected chi connectivity index (χ4v) is 2.59. The molecule has 1 amide bonds. The van der Waals surface area contributed by atoms with Gasteiger partial charge in [0, 0.05) is 16.7 Å². The van der Waals surface area contributed by atoms with Gasteiger partial charge in [-0.05, 0) is 53.0 Å². The van der Waals surface area contributed by atoms with Gasteiger partial charge >= 0.3 is 0 Å². The lowest BCUT2D eigenvalue weighted by Gasteiger charge is -2.09. The standard InChI is InChI=1S/C15H11BrFN3O/c16-10-6-14(20(8-10)11-2-3-11)15(21)19-13-4-1-9(7-18)5-12(13)17/h1,4-6,8,11H,2-3H2,(H,19,21). The van der Waals surface area contributed by atoms with Crippen molar-refractivity contribution in [1.82, 2.24) is 4.57 Å². The van der Waals surface area contributed by atoms with E-state index in [0.717, 1.165) is 23.4 Å². The van der Waals surface area contributed by atoms with Gasteiger partial charge in [0.1, 0.15) is 11.5 Å². The number of carbonyl (C=O) groups is 1. The SMILES string of the molecule is N#Cc1ccc(NC(=O)c2cc(Br)cn2C2CC2)c(F)c1. The zero-order chi connectivity index (χ0) is 15.0. The molecule has 1 N–H and O–H groups in total. The van der Waals surface area contributed by atoms with Crippen LogP contribution in [0.1, 0.15) is 34.9 Å². The molecule has 0 saturated heterocycles. The van der Waals surface area contributed by atoms with E-state index in [-0.39, 0.29) is 17.2 Å². The quantitative estimate of drug-likeness (QED) is 0.916. The summed E-state index contributed by atoms with van der Waals surface area (Å²) in [4.78, 5) is 12.3. The van der Waals surface area contributed by atoms with Crippen molar-refractivity contribution in [2.75, 3.05) is 5.32 Å². The number of nitrogens with one attached hydrogen (secondary N) is 1. The van der Waals surface area contributed by atoms with Gasteiger partial charge in [0.15, 0.2) is 0 Å². The maximum Gasteiger partial charge on any atom is 0.272 e. The Morgan fingerprint density at radius 3 is 2.81 bits per heavy atom. The van der Waals surface area contributed by atoms with E-state index in [1.165, 1.54) is 12.1 Å². The Kier molecular flexibility index (Phi) is 3.52. The summed E-state index contributed by atoms with van der Waals surface area (Å²) in [5.74, 6) is -0.984. The van der Waals surface area contributed by atoms with E-state index in [9.17, 15) is 9.18 Å². The van der Waals surface area contributed by atoms with E-state index < -0.39 is 5.82 Å². The summed E-state index contributed by atoms with van der Waals surface area (Å²) in [5, 5.41) is 11.3. The van der Waals surface area contributed by atoms with E-state index in [4.69, 9.17) is 5.26 Å². The molecule has 1 heterocycles. The van der Waals surface area contributed by atoms with Crippen LogP contribution in [0.4, 0.5) is 10.1 Å². The molecule has 1 fully saturated rings. The van der Waals surface area contributed by atoms with E-state index >= 15 is 0 Å². The second-order valence-electron chi connectivity index (χ2n) is 4.94. The van der Waals surface area contributed by atoms with Crippen LogP contribution in [0.3, 0.4) is 0 Å². The summed E-state index contributed by atoms with van der Waals surface area (Å²) in [5.41, 5.74) is 0.779. The number of nitrogens with zero attached hydrogens (tertiary/aromatic N) is 2. The van der Waals surface area contributed by atoms with Gasteiger partial charge < -0.3 is 9.88 Å². The minimum absolute atomic E-state index is 0.0682. The molecule has 0 unspecified atom stereocenters. The third-order valence-electron chi connectivity index (χ3n) is 3.33. The zero-order valence-corrected chi connectivity index (χ0v) is 12.5. The summed E-state index contributed by atoms with van der Waals surface area (Å²) < 4.78 is 16.5. The number of carbonyl (C=O) groups excluding carboxylic acids is 1. The van der Waals surface area contributed by atoms with Crippen LogP contribution in [0.5, 0.6) is 0 Å². The average Bonchev–Trinajstić information content (AvgIpc) is 3.23. The van der Waals surface area contributed by atoms with E-state index in [1.807, 2.05) is 16.8 Å². The molecule has 21 heavy (non-hydrogen) atoms. The molecule has 0 radical (unpaired) electrons. The molecule has 0 aliphatic heterocycles. The van der Waals surface area contributed by atoms with Crippen molar-refractivity contribution in [2.45, 2.75) is 18.9 Å². The van der Waals surface area contributed by atoms with Crippen LogP contribution in [-0.2, 0) is 0 Å². The Bertz CT molecular complexity index is 759. The summed E-state index contributed by atoms with van der Waals surface area (Å²) >= 11 is 3.36. The van der Waals surface area contributed by atoms with Crippen LogP contribution >= 0.6 is 15.9 Å². The van der Waals surface area contributed by atoms with Crippen molar-refractivity contribution >= 4 is 27.5 Å². The molecule has 0 atom stereocenters. The molecular weight excluding hydrogens is 337 g/mol. The van der Waals surface area contributed by atoms with Gasteiger partial charge in [0.2, 0.25) is 0 Å². The summed E-state index contributed by atoms with van der Waals surface area (Å²) in [6.07, 6.45) is 3.96. The molecule has 1 saturated carbocycles. The van der Waals surface area contributed by atoms with Crippen LogP contribution in [0.2, 0.25) is 0 Å². The van der Waals surface area contributed by atoms with Crippen LogP contribution in [0, 0.1) is 17.1 Å². The van der Waals surface area contributed by atoms with Crippen molar-refractivity contribution in [2.24, 2.45) is 0 Å². The van der Waals surface area contributed by atoms with Crippen molar-refractivity contribution in [3.05, 3.63) is 52.0 Å². The van der Waals surface area contributed by atoms with Gasteiger partial charge in [-0.1, -0.05) is 0 Å². The molecule has 1 aliphatic rings. The van der Waals surface area contributed by atoms with Crippen LogP contribution in [0.25, 0.3) is 0 Å². The molecule has 2 aromatic rings. The lowest BCUT2D eigenvalue weighted by atomic mass is 10.2. The summed E-state index contributed by atoms with van der Waals surface area (Å²) in [6, 6.07) is 7.88. The lowest BCUT2D eigenvalue weighted by molar-refractivity contribution is 0.101. The van der Waals surface area contributed by atoms with Gasteiger partial charge in [-0.2, -0.15) is 5.26 Å². The van der Waals surface area contributed by atoms with Gasteiger partial charge in [0.05, 0.1) is 17.3 Å². The highest BCUT2D eigenvalue weighted by molar-refractivity contribution is 9.10. The monoisotopic (exact) mass is 347 g/mol. The maximum absolute atomic E-state index is 13.8. The molecule has 6 heteroatoms. The fourth-order valence-electron chi connectivity index (χ4n) is 2.15. The van der Waals surface area contributed by atoms with Gasteiger partial charge in [0.25, 0.3) is 5.91 Å². The van der Waals surface area contributed by atoms with Crippen molar-refractivity contribution in [1.29, 1.82) is 5.26 Å². The van der Waals surface area contributed by atoms with Crippen molar-refractivity contribution in [3.8, 4) is 6.07 Å². The highest BCUT2D eigenvalue weighted by atomic mass is 79.9. The van der Waals surface area contributed by atoms with Gasteiger partial charge in [-0.15, -0.1) is 0 Å². The molecule has 1 aromatic heterocycles. The van der Waals surface area contributed by atoms with Gasteiger partial charge in [-0.25, -0.2) is 4.39 Å². The second kappa shape index (κ2) is 5.34. The van der Waals surface area contributed by atoms with Crippen LogP contribution in [0.15, 0.2) is 34.9 Å². The highest BCUT2D eigenvalue weighted by Crippen LogP contribution is 2.37.